The molecule has 1 heterocycles. The molecular weight excluding hydrogens is 484 g/mol. The molecule has 1 fully saturated rings. The van der Waals surface area contributed by atoms with Crippen LogP contribution in [0.15, 0.2) is 48.0 Å². The zero-order valence-corrected chi connectivity index (χ0v) is 23.2. The first-order valence-corrected chi connectivity index (χ1v) is 13.4. The van der Waals surface area contributed by atoms with Crippen molar-refractivity contribution in [2.24, 2.45) is 0 Å². The molecule has 1 saturated heterocycles. The van der Waals surface area contributed by atoms with Crippen molar-refractivity contribution in [2.75, 3.05) is 47.0 Å². The van der Waals surface area contributed by atoms with Gasteiger partial charge in [0, 0.05) is 18.7 Å². The van der Waals surface area contributed by atoms with Gasteiger partial charge in [-0.25, -0.2) is 0 Å². The predicted octanol–water partition coefficient (Wildman–Crippen LogP) is 5.04. The van der Waals surface area contributed by atoms with E-state index in [1.165, 1.54) is 14.2 Å². The molecule has 1 amide bonds. The standard InChI is InChI=1S/C30H40N2O6/c1-6-9-10-19-38-23-14-11-21(12-15-23)27-26(28(33)22-13-16-24(36-4)25(20-22)37-5)29(34)30(35)32(27)18-17-31(7-2)8-3/h11-16,20,27,33H,6-10,17-19H2,1-5H3/b28-26-. The minimum atomic E-state index is -0.729. The lowest BCUT2D eigenvalue weighted by molar-refractivity contribution is -0.140. The van der Waals surface area contributed by atoms with Gasteiger partial charge in [-0.3, -0.25) is 9.59 Å². The third-order valence-electron chi connectivity index (χ3n) is 6.96. The quantitative estimate of drug-likeness (QED) is 0.160. The number of amides is 1. The summed E-state index contributed by atoms with van der Waals surface area (Å²) in [7, 11) is 3.02. The molecule has 2 aromatic rings. The second kappa shape index (κ2) is 13.9. The third-order valence-corrected chi connectivity index (χ3v) is 6.96. The molecule has 38 heavy (non-hydrogen) atoms. The summed E-state index contributed by atoms with van der Waals surface area (Å²) in [4.78, 5) is 30.4. The van der Waals surface area contributed by atoms with Crippen molar-refractivity contribution in [3.8, 4) is 17.2 Å². The van der Waals surface area contributed by atoms with Gasteiger partial charge in [0.05, 0.1) is 32.4 Å². The molecule has 1 unspecified atom stereocenters. The van der Waals surface area contributed by atoms with E-state index in [1.807, 2.05) is 24.3 Å². The molecule has 0 aliphatic carbocycles. The summed E-state index contributed by atoms with van der Waals surface area (Å²) in [5.41, 5.74) is 1.15. The SMILES string of the molecule is CCCCCOc1ccc(C2/C(=C(/O)c3ccc(OC)c(OC)c3)C(=O)C(=O)N2CCN(CC)CC)cc1. The molecule has 0 radical (unpaired) electrons. The number of hydrogen-bond acceptors (Lipinski definition) is 7. The normalized spacial score (nSPS) is 16.8. The minimum Gasteiger partial charge on any atom is -0.507 e. The second-order valence-electron chi connectivity index (χ2n) is 9.21. The van der Waals surface area contributed by atoms with E-state index in [0.717, 1.165) is 43.7 Å². The van der Waals surface area contributed by atoms with E-state index in [2.05, 4.69) is 25.7 Å². The predicted molar refractivity (Wildman–Crippen MR) is 148 cm³/mol. The Bertz CT molecular complexity index is 1120. The number of methoxy groups -OCH3 is 2. The van der Waals surface area contributed by atoms with Gasteiger partial charge in [-0.05, 0) is 55.4 Å². The maximum atomic E-state index is 13.3. The largest absolute Gasteiger partial charge is 0.507 e. The molecule has 0 spiro atoms. The Hall–Kier alpha value is -3.52. The van der Waals surface area contributed by atoms with Crippen molar-refractivity contribution in [2.45, 2.75) is 46.1 Å². The van der Waals surface area contributed by atoms with E-state index in [4.69, 9.17) is 14.2 Å². The lowest BCUT2D eigenvalue weighted by atomic mass is 9.95. The number of carbonyl (C=O) groups is 2. The van der Waals surface area contributed by atoms with Crippen molar-refractivity contribution in [1.29, 1.82) is 0 Å². The molecule has 1 atom stereocenters. The number of ether oxygens (including phenoxy) is 3. The maximum Gasteiger partial charge on any atom is 0.295 e. The van der Waals surface area contributed by atoms with Crippen molar-refractivity contribution in [3.05, 3.63) is 59.2 Å². The number of aliphatic hydroxyl groups excluding tert-OH is 1. The molecule has 0 saturated carbocycles. The lowest BCUT2D eigenvalue weighted by Crippen LogP contribution is -2.38. The lowest BCUT2D eigenvalue weighted by Gasteiger charge is -2.28. The number of carbonyl (C=O) groups excluding carboxylic acids is 2. The average Bonchev–Trinajstić information content (AvgIpc) is 3.20. The summed E-state index contributed by atoms with van der Waals surface area (Å²) in [5.74, 6) is 0.0541. The molecule has 3 rings (SSSR count). The van der Waals surface area contributed by atoms with Crippen molar-refractivity contribution in [1.82, 2.24) is 9.80 Å². The molecule has 1 N–H and O–H groups in total. The van der Waals surface area contributed by atoms with Crippen molar-refractivity contribution >= 4 is 17.4 Å². The van der Waals surface area contributed by atoms with Crippen LogP contribution in [0, 0.1) is 0 Å². The highest BCUT2D eigenvalue weighted by molar-refractivity contribution is 6.46. The van der Waals surface area contributed by atoms with Crippen LogP contribution in [0.1, 0.15) is 57.2 Å². The number of nitrogens with zero attached hydrogens (tertiary/aromatic N) is 2. The maximum absolute atomic E-state index is 13.3. The molecule has 2 aromatic carbocycles. The fourth-order valence-electron chi connectivity index (χ4n) is 4.67. The molecule has 0 bridgehead atoms. The van der Waals surface area contributed by atoms with Crippen LogP contribution in [-0.4, -0.2) is 73.6 Å². The number of likely N-dealkylation sites (N-methyl/N-ethyl adjacent to an activating group) is 1. The van der Waals surface area contributed by atoms with Gasteiger partial charge in [0.25, 0.3) is 11.7 Å². The molecular formula is C30H40N2O6. The fourth-order valence-corrected chi connectivity index (χ4v) is 4.67. The van der Waals surface area contributed by atoms with Crippen LogP contribution in [0.4, 0.5) is 0 Å². The monoisotopic (exact) mass is 524 g/mol. The number of Topliss-reactive ketones (excluding diaryl/α,β-unsaturated/α-hetero) is 1. The van der Waals surface area contributed by atoms with Crippen LogP contribution >= 0.6 is 0 Å². The van der Waals surface area contributed by atoms with E-state index in [9.17, 15) is 14.7 Å². The molecule has 206 valence electrons. The Balaban J connectivity index is 2.03. The van der Waals surface area contributed by atoms with Crippen molar-refractivity contribution < 1.29 is 28.9 Å². The van der Waals surface area contributed by atoms with Crippen molar-refractivity contribution in [3.63, 3.8) is 0 Å². The Kier molecular flexibility index (Phi) is 10.6. The molecule has 8 nitrogen and oxygen atoms in total. The Morgan fingerprint density at radius 3 is 2.24 bits per heavy atom. The van der Waals surface area contributed by atoms with Gasteiger partial charge < -0.3 is 29.1 Å². The van der Waals surface area contributed by atoms with E-state index < -0.39 is 17.7 Å². The van der Waals surface area contributed by atoms with Gasteiger partial charge in [0.1, 0.15) is 11.5 Å². The zero-order valence-electron chi connectivity index (χ0n) is 23.2. The fraction of sp³-hybridized carbons (Fsp3) is 0.467. The van der Waals surface area contributed by atoms with Gasteiger partial charge in [0.2, 0.25) is 0 Å². The molecule has 0 aromatic heterocycles. The summed E-state index contributed by atoms with van der Waals surface area (Å²) in [6, 6.07) is 11.6. The highest BCUT2D eigenvalue weighted by Gasteiger charge is 2.46. The van der Waals surface area contributed by atoms with Crippen LogP contribution in [0.25, 0.3) is 5.76 Å². The summed E-state index contributed by atoms with van der Waals surface area (Å²) >= 11 is 0. The van der Waals surface area contributed by atoms with E-state index in [-0.39, 0.29) is 11.3 Å². The number of ketones is 1. The Morgan fingerprint density at radius 2 is 1.63 bits per heavy atom. The topological polar surface area (TPSA) is 88.5 Å². The van der Waals surface area contributed by atoms with Crippen LogP contribution in [0.3, 0.4) is 0 Å². The minimum absolute atomic E-state index is 0.0541. The third kappa shape index (κ3) is 6.48. The number of rotatable bonds is 14. The Morgan fingerprint density at radius 1 is 0.947 bits per heavy atom. The van der Waals surface area contributed by atoms with Gasteiger partial charge in [-0.15, -0.1) is 0 Å². The molecule has 8 heteroatoms. The number of likely N-dealkylation sites (tertiary alicyclic amines) is 1. The van der Waals surface area contributed by atoms with E-state index in [0.29, 0.717) is 36.8 Å². The Labute approximate surface area is 225 Å². The van der Waals surface area contributed by atoms with Gasteiger partial charge >= 0.3 is 0 Å². The second-order valence-corrected chi connectivity index (χ2v) is 9.21. The van der Waals surface area contributed by atoms with Gasteiger partial charge in [-0.2, -0.15) is 0 Å². The van der Waals surface area contributed by atoms with Crippen LogP contribution in [0.5, 0.6) is 17.2 Å². The smallest absolute Gasteiger partial charge is 0.295 e. The zero-order chi connectivity index (χ0) is 27.7. The summed E-state index contributed by atoms with van der Waals surface area (Å²) in [5, 5.41) is 11.4. The average molecular weight is 525 g/mol. The number of unbranched alkanes of at least 4 members (excludes halogenated alkanes) is 2. The molecule has 1 aliphatic rings. The molecule has 1 aliphatic heterocycles. The van der Waals surface area contributed by atoms with Gasteiger partial charge in [0.15, 0.2) is 11.5 Å². The highest BCUT2D eigenvalue weighted by atomic mass is 16.5. The van der Waals surface area contributed by atoms with Crippen LogP contribution < -0.4 is 14.2 Å². The highest BCUT2D eigenvalue weighted by Crippen LogP contribution is 2.41. The number of hydrogen-bond donors (Lipinski definition) is 1. The first kappa shape index (κ1) is 29.0. The first-order chi connectivity index (χ1) is 18.4. The summed E-state index contributed by atoms with van der Waals surface area (Å²) in [6.07, 6.45) is 3.21. The number of aliphatic hydroxyl groups is 1. The number of benzene rings is 2. The van der Waals surface area contributed by atoms with E-state index >= 15 is 0 Å². The van der Waals surface area contributed by atoms with Gasteiger partial charge in [-0.1, -0.05) is 45.7 Å². The van der Waals surface area contributed by atoms with Crippen LogP contribution in [0.2, 0.25) is 0 Å². The van der Waals surface area contributed by atoms with E-state index in [1.54, 1.807) is 23.1 Å². The summed E-state index contributed by atoms with van der Waals surface area (Å²) in [6.45, 7) is 9.54. The summed E-state index contributed by atoms with van der Waals surface area (Å²) < 4.78 is 16.5. The van der Waals surface area contributed by atoms with Crippen LogP contribution in [-0.2, 0) is 9.59 Å². The first-order valence-electron chi connectivity index (χ1n) is 13.4.